The number of esters is 1. The first-order valence-electron chi connectivity index (χ1n) is 4.28. The fraction of sp³-hybridized carbons (Fsp3) is 0.250. The molecular formula is C8H7FN4O3. The zero-order valence-electron chi connectivity index (χ0n) is 8.44. The number of nitrogens with zero attached hydrogens (tertiary/aromatic N) is 3. The molecule has 0 atom stereocenters. The average Bonchev–Trinajstić information content (AvgIpc) is 2.54. The van der Waals surface area contributed by atoms with Crippen LogP contribution in [0.2, 0.25) is 0 Å². The summed E-state index contributed by atoms with van der Waals surface area (Å²) >= 11 is 0. The minimum absolute atomic E-state index is 0.261. The summed E-state index contributed by atoms with van der Waals surface area (Å²) in [6.07, 6.45) is 0. The van der Waals surface area contributed by atoms with Crippen LogP contribution in [0.3, 0.4) is 0 Å². The molecule has 0 aliphatic heterocycles. The van der Waals surface area contributed by atoms with Crippen LogP contribution in [0.4, 0.5) is 4.39 Å². The molecule has 2 rings (SSSR count). The fourth-order valence-electron chi connectivity index (χ4n) is 1.27. The van der Waals surface area contributed by atoms with Gasteiger partial charge >= 0.3 is 5.97 Å². The molecule has 0 unspecified atom stereocenters. The van der Waals surface area contributed by atoms with Crippen LogP contribution in [0.5, 0.6) is 0 Å². The topological polar surface area (TPSA) is 89.3 Å². The van der Waals surface area contributed by atoms with E-state index in [0.29, 0.717) is 0 Å². The average molecular weight is 226 g/mol. The summed E-state index contributed by atoms with van der Waals surface area (Å²) in [5.41, 5.74) is -1.68. The van der Waals surface area contributed by atoms with Crippen LogP contribution in [0.25, 0.3) is 5.52 Å². The molecule has 0 saturated heterocycles. The number of carbonyl (C=O) groups is 1. The first-order chi connectivity index (χ1) is 7.54. The molecule has 0 aliphatic rings. The van der Waals surface area contributed by atoms with Crippen molar-refractivity contribution >= 4 is 11.5 Å². The van der Waals surface area contributed by atoms with E-state index >= 15 is 0 Å². The van der Waals surface area contributed by atoms with Crippen molar-refractivity contribution < 1.29 is 13.9 Å². The Bertz CT molecular complexity index is 630. The van der Waals surface area contributed by atoms with E-state index in [2.05, 4.69) is 19.9 Å². The van der Waals surface area contributed by atoms with E-state index < -0.39 is 28.6 Å². The van der Waals surface area contributed by atoms with E-state index in [4.69, 9.17) is 0 Å². The van der Waals surface area contributed by atoms with Gasteiger partial charge in [-0.2, -0.15) is 0 Å². The summed E-state index contributed by atoms with van der Waals surface area (Å²) in [5, 5.41) is 7.28. The molecule has 84 valence electrons. The number of fused-ring (bicyclic) bond motifs is 1. The first-order valence-corrected chi connectivity index (χ1v) is 4.28. The van der Waals surface area contributed by atoms with E-state index in [0.717, 1.165) is 11.7 Å². The molecule has 0 fully saturated rings. The second-order valence-corrected chi connectivity index (χ2v) is 3.03. The molecule has 2 aromatic heterocycles. The van der Waals surface area contributed by atoms with Gasteiger partial charge in [0.15, 0.2) is 11.3 Å². The van der Waals surface area contributed by atoms with Crippen molar-refractivity contribution in [1.82, 2.24) is 19.8 Å². The quantitative estimate of drug-likeness (QED) is 0.671. The third-order valence-electron chi connectivity index (χ3n) is 1.94. The van der Waals surface area contributed by atoms with Crippen molar-refractivity contribution in [1.29, 1.82) is 0 Å². The molecule has 0 amide bonds. The van der Waals surface area contributed by atoms with Gasteiger partial charge in [0.25, 0.3) is 5.56 Å². The summed E-state index contributed by atoms with van der Waals surface area (Å²) < 4.78 is 18.7. The number of aryl methyl sites for hydroxylation is 1. The molecule has 0 bridgehead atoms. The van der Waals surface area contributed by atoms with Gasteiger partial charge in [0, 0.05) is 0 Å². The number of aromatic nitrogens is 4. The SMILES string of the molecule is COC(=O)c1nn2nc(C)[nH]c(=O)c2c1F. The molecule has 0 spiro atoms. The number of aromatic amines is 1. The normalized spacial score (nSPS) is 10.7. The number of halogens is 1. The van der Waals surface area contributed by atoms with Crippen molar-refractivity contribution in [3.63, 3.8) is 0 Å². The first kappa shape index (κ1) is 10.3. The van der Waals surface area contributed by atoms with Gasteiger partial charge in [-0.15, -0.1) is 14.8 Å². The van der Waals surface area contributed by atoms with Gasteiger partial charge in [0.1, 0.15) is 5.82 Å². The Labute approximate surface area is 87.8 Å². The van der Waals surface area contributed by atoms with E-state index in [1.807, 2.05) is 0 Å². The van der Waals surface area contributed by atoms with Gasteiger partial charge in [-0.05, 0) is 6.92 Å². The van der Waals surface area contributed by atoms with Crippen molar-refractivity contribution in [2.45, 2.75) is 6.92 Å². The Kier molecular flexibility index (Phi) is 2.18. The number of nitrogens with one attached hydrogen (secondary N) is 1. The largest absolute Gasteiger partial charge is 0.464 e. The maximum atomic E-state index is 13.6. The Morgan fingerprint density at radius 1 is 1.50 bits per heavy atom. The predicted molar refractivity (Wildman–Crippen MR) is 49.6 cm³/mol. The third kappa shape index (κ3) is 1.35. The molecule has 7 nitrogen and oxygen atoms in total. The molecule has 1 N–H and O–H groups in total. The fourth-order valence-corrected chi connectivity index (χ4v) is 1.27. The van der Waals surface area contributed by atoms with Gasteiger partial charge in [0.05, 0.1) is 7.11 Å². The molecule has 2 heterocycles. The third-order valence-corrected chi connectivity index (χ3v) is 1.94. The lowest BCUT2D eigenvalue weighted by Gasteiger charge is -1.92. The number of hydrogen-bond acceptors (Lipinski definition) is 5. The van der Waals surface area contributed by atoms with Crippen molar-refractivity contribution in [3.8, 4) is 0 Å². The summed E-state index contributed by atoms with van der Waals surface area (Å²) in [5.74, 6) is -1.74. The number of methoxy groups -OCH3 is 1. The van der Waals surface area contributed by atoms with Gasteiger partial charge < -0.3 is 9.72 Å². The van der Waals surface area contributed by atoms with Crippen molar-refractivity contribution in [3.05, 3.63) is 27.7 Å². The highest BCUT2D eigenvalue weighted by Gasteiger charge is 2.23. The Balaban J connectivity index is 2.83. The Morgan fingerprint density at radius 3 is 2.81 bits per heavy atom. The van der Waals surface area contributed by atoms with Gasteiger partial charge in [0.2, 0.25) is 5.69 Å². The summed E-state index contributed by atoms with van der Waals surface area (Å²) in [6, 6.07) is 0. The van der Waals surface area contributed by atoms with Crippen molar-refractivity contribution in [2.75, 3.05) is 7.11 Å². The van der Waals surface area contributed by atoms with Gasteiger partial charge in [-0.3, -0.25) is 4.79 Å². The lowest BCUT2D eigenvalue weighted by Crippen LogP contribution is -2.15. The highest BCUT2D eigenvalue weighted by molar-refractivity contribution is 5.89. The number of carbonyl (C=O) groups excluding carboxylic acids is 1. The minimum atomic E-state index is -1.04. The molecule has 8 heteroatoms. The second-order valence-electron chi connectivity index (χ2n) is 3.03. The maximum Gasteiger partial charge on any atom is 0.361 e. The molecule has 2 aromatic rings. The number of ether oxygens (including phenoxy) is 1. The molecular weight excluding hydrogens is 219 g/mol. The second kappa shape index (κ2) is 3.40. The summed E-state index contributed by atoms with van der Waals surface area (Å²) in [4.78, 5) is 24.8. The van der Waals surface area contributed by atoms with Crippen LogP contribution in [-0.4, -0.2) is 32.9 Å². The van der Waals surface area contributed by atoms with Crippen molar-refractivity contribution in [2.24, 2.45) is 0 Å². The van der Waals surface area contributed by atoms with Crippen LogP contribution < -0.4 is 5.56 Å². The standard InChI is InChI=1S/C8H7FN4O3/c1-3-10-7(14)6-4(9)5(8(15)16-2)12-13(6)11-3/h1-2H3,(H,10,11,14). The summed E-state index contributed by atoms with van der Waals surface area (Å²) in [7, 11) is 1.09. The number of H-pyrrole nitrogens is 1. The highest BCUT2D eigenvalue weighted by Crippen LogP contribution is 2.09. The Morgan fingerprint density at radius 2 is 2.19 bits per heavy atom. The molecule has 0 aliphatic carbocycles. The molecule has 0 aromatic carbocycles. The zero-order chi connectivity index (χ0) is 11.9. The van der Waals surface area contributed by atoms with Crippen LogP contribution in [-0.2, 0) is 4.74 Å². The van der Waals surface area contributed by atoms with E-state index in [9.17, 15) is 14.0 Å². The van der Waals surface area contributed by atoms with E-state index in [1.165, 1.54) is 6.92 Å². The number of rotatable bonds is 1. The van der Waals surface area contributed by atoms with Crippen LogP contribution in [0.1, 0.15) is 16.3 Å². The minimum Gasteiger partial charge on any atom is -0.464 e. The van der Waals surface area contributed by atoms with Gasteiger partial charge in [-0.1, -0.05) is 0 Å². The monoisotopic (exact) mass is 226 g/mol. The molecule has 0 radical (unpaired) electrons. The van der Waals surface area contributed by atoms with Gasteiger partial charge in [-0.25, -0.2) is 9.18 Å². The Hall–Kier alpha value is -2.25. The molecule has 16 heavy (non-hydrogen) atoms. The van der Waals surface area contributed by atoms with Crippen LogP contribution >= 0.6 is 0 Å². The number of hydrogen-bond donors (Lipinski definition) is 1. The maximum absolute atomic E-state index is 13.6. The van der Waals surface area contributed by atoms with Crippen LogP contribution in [0, 0.1) is 12.7 Å². The summed E-state index contributed by atoms with van der Waals surface area (Å²) in [6.45, 7) is 1.51. The lowest BCUT2D eigenvalue weighted by molar-refractivity contribution is 0.0588. The molecule has 0 saturated carbocycles. The smallest absolute Gasteiger partial charge is 0.361 e. The highest BCUT2D eigenvalue weighted by atomic mass is 19.1. The zero-order valence-corrected chi connectivity index (χ0v) is 8.44. The van der Waals surface area contributed by atoms with Crippen LogP contribution in [0.15, 0.2) is 4.79 Å². The van der Waals surface area contributed by atoms with E-state index in [1.54, 1.807) is 0 Å². The lowest BCUT2D eigenvalue weighted by atomic mass is 10.4. The van der Waals surface area contributed by atoms with E-state index in [-0.39, 0.29) is 5.82 Å². The predicted octanol–water partition coefficient (Wildman–Crippen LogP) is -0.348.